The number of ether oxygens (including phenoxy) is 1. The zero-order chi connectivity index (χ0) is 23.2. The molecular weight excluding hydrogens is 447 g/mol. The van der Waals surface area contributed by atoms with Crippen LogP contribution in [0.15, 0.2) is 47.4 Å². The molecule has 0 bridgehead atoms. The number of fused-ring (bicyclic) bond motifs is 1. The number of rotatable bonds is 3. The first-order chi connectivity index (χ1) is 14.2. The number of hydrogen-bond donors (Lipinski definition) is 0. The number of aromatic nitrogens is 2. The van der Waals surface area contributed by atoms with Crippen molar-refractivity contribution in [1.29, 1.82) is 0 Å². The number of benzene rings is 1. The zero-order valence-electron chi connectivity index (χ0n) is 14.9. The maximum absolute atomic E-state index is 13.5. The van der Waals surface area contributed by atoms with Crippen molar-refractivity contribution in [3.8, 4) is 16.9 Å². The van der Waals surface area contributed by atoms with Gasteiger partial charge in [0.25, 0.3) is 5.56 Å². The van der Waals surface area contributed by atoms with Gasteiger partial charge >= 0.3 is 18.5 Å². The fourth-order valence-corrected chi connectivity index (χ4v) is 2.66. The Balaban J connectivity index is 2.15. The Hall–Kier alpha value is -3.25. The van der Waals surface area contributed by atoms with Gasteiger partial charge in [-0.2, -0.15) is 39.5 Å². The molecule has 0 radical (unpaired) electrons. The molecule has 2 heterocycles. The van der Waals surface area contributed by atoms with Gasteiger partial charge in [-0.05, 0) is 29.8 Å². The molecule has 0 aliphatic heterocycles. The highest BCUT2D eigenvalue weighted by atomic mass is 19.4. The molecule has 166 valence electrons. The molecule has 0 spiro atoms. The second-order valence-corrected chi connectivity index (χ2v) is 6.21. The summed E-state index contributed by atoms with van der Waals surface area (Å²) in [6.07, 6.45) is -14.1. The van der Waals surface area contributed by atoms with Gasteiger partial charge < -0.3 is 4.74 Å². The maximum Gasteiger partial charge on any atom is 0.434 e. The van der Waals surface area contributed by atoms with E-state index in [0.29, 0.717) is 22.7 Å². The average Bonchev–Trinajstić information content (AvgIpc) is 2.64. The van der Waals surface area contributed by atoms with Gasteiger partial charge in [-0.15, -0.1) is 0 Å². The molecule has 0 atom stereocenters. The highest BCUT2D eigenvalue weighted by Gasteiger charge is 2.38. The Bertz CT molecular complexity index is 1160. The van der Waals surface area contributed by atoms with Crippen LogP contribution in [0.5, 0.6) is 5.75 Å². The number of halogens is 9. The van der Waals surface area contributed by atoms with Crippen molar-refractivity contribution in [2.75, 3.05) is 6.61 Å². The van der Waals surface area contributed by atoms with Crippen LogP contribution in [0.1, 0.15) is 11.3 Å². The van der Waals surface area contributed by atoms with Crippen molar-refractivity contribution in [1.82, 2.24) is 9.38 Å². The molecule has 4 nitrogen and oxygen atoms in total. The molecule has 0 amide bonds. The van der Waals surface area contributed by atoms with Crippen LogP contribution >= 0.6 is 0 Å². The van der Waals surface area contributed by atoms with Crippen LogP contribution in [-0.4, -0.2) is 22.2 Å². The summed E-state index contributed by atoms with van der Waals surface area (Å²) in [5, 5.41) is 0. The van der Waals surface area contributed by atoms with E-state index in [1.165, 1.54) is 0 Å². The lowest BCUT2D eigenvalue weighted by atomic mass is 10.0. The molecule has 31 heavy (non-hydrogen) atoms. The molecule has 3 aromatic rings. The van der Waals surface area contributed by atoms with E-state index in [0.717, 1.165) is 24.3 Å². The van der Waals surface area contributed by atoms with Gasteiger partial charge in [-0.25, -0.2) is 4.98 Å². The van der Waals surface area contributed by atoms with Gasteiger partial charge in [0.2, 0.25) is 0 Å². The molecular formula is C18H9F9N2O2. The minimum atomic E-state index is -5.21. The minimum Gasteiger partial charge on any atom is -0.484 e. The van der Waals surface area contributed by atoms with E-state index in [9.17, 15) is 44.3 Å². The predicted molar refractivity (Wildman–Crippen MR) is 88.5 cm³/mol. The second kappa shape index (κ2) is 7.46. The van der Waals surface area contributed by atoms with Crippen molar-refractivity contribution in [3.63, 3.8) is 0 Å². The fraction of sp³-hybridized carbons (Fsp3) is 0.222. The summed E-state index contributed by atoms with van der Waals surface area (Å²) in [4.78, 5) is 15.9. The summed E-state index contributed by atoms with van der Waals surface area (Å²) < 4.78 is 121. The van der Waals surface area contributed by atoms with E-state index in [1.807, 2.05) is 0 Å². The summed E-state index contributed by atoms with van der Waals surface area (Å²) >= 11 is 0. The molecule has 0 N–H and O–H groups in total. The SMILES string of the molecule is O=c1c(-c2ccc(OCC(F)(F)F)cc2)c(C(F)(F)F)nc2cc(C(F)(F)F)ccn12. The highest BCUT2D eigenvalue weighted by molar-refractivity contribution is 5.68. The summed E-state index contributed by atoms with van der Waals surface area (Å²) in [6.45, 7) is -1.64. The van der Waals surface area contributed by atoms with E-state index >= 15 is 0 Å². The lowest BCUT2D eigenvalue weighted by molar-refractivity contribution is -0.153. The van der Waals surface area contributed by atoms with Gasteiger partial charge in [0.15, 0.2) is 12.3 Å². The smallest absolute Gasteiger partial charge is 0.434 e. The lowest BCUT2D eigenvalue weighted by Crippen LogP contribution is -2.24. The molecule has 2 aromatic heterocycles. The molecule has 13 heteroatoms. The number of hydrogen-bond acceptors (Lipinski definition) is 3. The van der Waals surface area contributed by atoms with Crippen LogP contribution in [0.25, 0.3) is 16.8 Å². The monoisotopic (exact) mass is 456 g/mol. The maximum atomic E-state index is 13.5. The van der Waals surface area contributed by atoms with Crippen LogP contribution in [0, 0.1) is 0 Å². The first-order valence-electron chi connectivity index (χ1n) is 8.17. The predicted octanol–water partition coefficient (Wildman–Crippen LogP) is 5.34. The Morgan fingerprint density at radius 3 is 2.00 bits per heavy atom. The first kappa shape index (κ1) is 22.4. The topological polar surface area (TPSA) is 43.6 Å². The Morgan fingerprint density at radius 1 is 0.871 bits per heavy atom. The van der Waals surface area contributed by atoms with Gasteiger partial charge in [0.05, 0.1) is 11.1 Å². The summed E-state index contributed by atoms with van der Waals surface area (Å²) in [6, 6.07) is 4.46. The van der Waals surface area contributed by atoms with Crippen molar-refractivity contribution in [2.24, 2.45) is 0 Å². The summed E-state index contributed by atoms with van der Waals surface area (Å²) in [5.74, 6) is -0.321. The fourth-order valence-electron chi connectivity index (χ4n) is 2.66. The van der Waals surface area contributed by atoms with Gasteiger partial charge in [0, 0.05) is 6.20 Å². The molecule has 1 aromatic carbocycles. The Morgan fingerprint density at radius 2 is 1.48 bits per heavy atom. The van der Waals surface area contributed by atoms with Gasteiger partial charge in [-0.1, -0.05) is 12.1 Å². The molecule has 3 rings (SSSR count). The van der Waals surface area contributed by atoms with E-state index in [2.05, 4.69) is 9.72 Å². The number of alkyl halides is 9. The molecule has 0 unspecified atom stereocenters. The third-order valence-corrected chi connectivity index (χ3v) is 3.97. The molecule has 0 saturated carbocycles. The number of nitrogens with zero attached hydrogens (tertiary/aromatic N) is 2. The normalized spacial score (nSPS) is 12.9. The largest absolute Gasteiger partial charge is 0.484 e. The summed E-state index contributed by atoms with van der Waals surface area (Å²) in [7, 11) is 0. The van der Waals surface area contributed by atoms with E-state index in [-0.39, 0.29) is 11.3 Å². The number of pyridine rings is 1. The second-order valence-electron chi connectivity index (χ2n) is 6.21. The summed E-state index contributed by atoms with van der Waals surface area (Å²) in [5.41, 5.74) is -6.56. The molecule has 0 aliphatic rings. The molecule has 0 aliphatic carbocycles. The Labute approximate surface area is 166 Å². The van der Waals surface area contributed by atoms with Crippen molar-refractivity contribution in [2.45, 2.75) is 18.5 Å². The van der Waals surface area contributed by atoms with E-state index in [1.54, 1.807) is 0 Å². The van der Waals surface area contributed by atoms with Crippen molar-refractivity contribution >= 4 is 5.65 Å². The van der Waals surface area contributed by atoms with E-state index in [4.69, 9.17) is 0 Å². The molecule has 0 fully saturated rings. The standard InChI is InChI=1S/C18H9F9N2O2/c19-16(20,21)8-31-11-3-1-9(2-4-11)13-14(18(25,26)27)28-12-7-10(17(22,23)24)5-6-29(12)15(13)30/h1-7H,8H2. The third-order valence-electron chi connectivity index (χ3n) is 3.97. The highest BCUT2D eigenvalue weighted by Crippen LogP contribution is 2.36. The molecule has 0 saturated heterocycles. The van der Waals surface area contributed by atoms with Crippen molar-refractivity contribution in [3.05, 3.63) is 64.2 Å². The van der Waals surface area contributed by atoms with Gasteiger partial charge in [0.1, 0.15) is 11.4 Å². The quantitative estimate of drug-likeness (QED) is 0.500. The van der Waals surface area contributed by atoms with Crippen LogP contribution in [0.3, 0.4) is 0 Å². The first-order valence-corrected chi connectivity index (χ1v) is 8.17. The van der Waals surface area contributed by atoms with Crippen LogP contribution in [-0.2, 0) is 12.4 Å². The third kappa shape index (κ3) is 4.91. The Kier molecular flexibility index (Phi) is 5.40. The van der Waals surface area contributed by atoms with Crippen LogP contribution in [0.2, 0.25) is 0 Å². The minimum absolute atomic E-state index is 0.300. The zero-order valence-corrected chi connectivity index (χ0v) is 14.9. The van der Waals surface area contributed by atoms with Crippen LogP contribution < -0.4 is 10.3 Å². The lowest BCUT2D eigenvalue weighted by Gasteiger charge is -2.15. The van der Waals surface area contributed by atoms with Gasteiger partial charge in [-0.3, -0.25) is 9.20 Å². The van der Waals surface area contributed by atoms with E-state index < -0.39 is 53.2 Å². The average molecular weight is 456 g/mol. The van der Waals surface area contributed by atoms with Crippen molar-refractivity contribution < 1.29 is 44.3 Å². The van der Waals surface area contributed by atoms with Crippen LogP contribution in [0.4, 0.5) is 39.5 Å².